The van der Waals surface area contributed by atoms with Crippen molar-refractivity contribution in [3.63, 3.8) is 0 Å². The second-order valence-electron chi connectivity index (χ2n) is 3.71. The van der Waals surface area contributed by atoms with E-state index in [1.165, 1.54) is 17.7 Å². The summed E-state index contributed by atoms with van der Waals surface area (Å²) >= 11 is 0. The van der Waals surface area contributed by atoms with Crippen LogP contribution < -0.4 is 0 Å². The van der Waals surface area contributed by atoms with Crippen molar-refractivity contribution in [2.24, 2.45) is 5.16 Å². The van der Waals surface area contributed by atoms with Crippen LogP contribution in [-0.2, 0) is 0 Å². The van der Waals surface area contributed by atoms with Gasteiger partial charge < -0.3 is 5.21 Å². The molecule has 0 radical (unpaired) electrons. The van der Waals surface area contributed by atoms with Crippen LogP contribution in [0.5, 0.6) is 0 Å². The Morgan fingerprint density at radius 3 is 2.47 bits per heavy atom. The van der Waals surface area contributed by atoms with Crippen molar-refractivity contribution >= 4 is 11.3 Å². The lowest BCUT2D eigenvalue weighted by atomic mass is 10.0. The van der Waals surface area contributed by atoms with Crippen LogP contribution in [0.1, 0.15) is 25.3 Å². The molecule has 0 fully saturated rings. The number of rotatable bonds is 1. The molecule has 0 amide bonds. The van der Waals surface area contributed by atoms with E-state index >= 15 is 0 Å². The van der Waals surface area contributed by atoms with Gasteiger partial charge in [0.25, 0.3) is 0 Å². The van der Waals surface area contributed by atoms with Crippen LogP contribution in [-0.4, -0.2) is 10.9 Å². The molecule has 2 nitrogen and oxygen atoms in total. The van der Waals surface area contributed by atoms with Crippen molar-refractivity contribution in [2.75, 3.05) is 0 Å². The molecule has 0 aromatic heterocycles. The first-order valence-corrected chi connectivity index (χ1v) is 4.89. The fourth-order valence-electron chi connectivity index (χ4n) is 1.93. The molecule has 0 atom stereocenters. The third-order valence-electron chi connectivity index (χ3n) is 2.71. The maximum Gasteiger partial charge on any atom is 0.123 e. The summed E-state index contributed by atoms with van der Waals surface area (Å²) < 4.78 is 12.8. The number of halogens is 1. The summed E-state index contributed by atoms with van der Waals surface area (Å²) in [6.07, 6.45) is 1.67. The summed E-state index contributed by atoms with van der Waals surface area (Å²) in [5, 5.41) is 12.1. The molecule has 1 aromatic carbocycles. The third-order valence-corrected chi connectivity index (χ3v) is 2.71. The van der Waals surface area contributed by atoms with Crippen molar-refractivity contribution in [3.8, 4) is 0 Å². The number of allylic oxidation sites excluding steroid dienone is 2. The Bertz CT molecular complexity index is 431. The summed E-state index contributed by atoms with van der Waals surface area (Å²) in [6, 6.07) is 6.27. The molecule has 1 aliphatic carbocycles. The average Bonchev–Trinajstić information content (AvgIpc) is 2.61. The largest absolute Gasteiger partial charge is 0.411 e. The fraction of sp³-hybridized carbons (Fsp3) is 0.250. The Morgan fingerprint density at radius 2 is 1.87 bits per heavy atom. The van der Waals surface area contributed by atoms with Crippen molar-refractivity contribution in [1.82, 2.24) is 0 Å². The van der Waals surface area contributed by atoms with E-state index in [1.54, 1.807) is 12.1 Å². The predicted octanol–water partition coefficient (Wildman–Crippen LogP) is 3.22. The average molecular weight is 205 g/mol. The van der Waals surface area contributed by atoms with Gasteiger partial charge in [0.15, 0.2) is 0 Å². The molecule has 0 bridgehead atoms. The van der Waals surface area contributed by atoms with Gasteiger partial charge in [0.2, 0.25) is 0 Å². The SMILES string of the molecule is CC1=C(c2ccc(F)cc2)C(=NO)CC1. The molecule has 3 heteroatoms. The molecule has 78 valence electrons. The Kier molecular flexibility index (Phi) is 2.54. The molecule has 1 aliphatic rings. The van der Waals surface area contributed by atoms with Gasteiger partial charge in [-0.3, -0.25) is 0 Å². The zero-order valence-corrected chi connectivity index (χ0v) is 8.50. The van der Waals surface area contributed by atoms with E-state index in [1.807, 2.05) is 6.92 Å². The van der Waals surface area contributed by atoms with E-state index in [0.29, 0.717) is 5.71 Å². The van der Waals surface area contributed by atoms with Gasteiger partial charge in [-0.25, -0.2) is 4.39 Å². The van der Waals surface area contributed by atoms with E-state index in [2.05, 4.69) is 5.16 Å². The van der Waals surface area contributed by atoms with E-state index in [4.69, 9.17) is 5.21 Å². The van der Waals surface area contributed by atoms with Crippen molar-refractivity contribution < 1.29 is 9.60 Å². The second-order valence-corrected chi connectivity index (χ2v) is 3.71. The lowest BCUT2D eigenvalue weighted by Gasteiger charge is -2.04. The molecular formula is C12H12FNO. The molecule has 0 saturated heterocycles. The van der Waals surface area contributed by atoms with Crippen molar-refractivity contribution in [2.45, 2.75) is 19.8 Å². The molecule has 2 rings (SSSR count). The monoisotopic (exact) mass is 205 g/mol. The number of oxime groups is 1. The number of hydrogen-bond acceptors (Lipinski definition) is 2. The lowest BCUT2D eigenvalue weighted by Crippen LogP contribution is -1.96. The van der Waals surface area contributed by atoms with Crippen LogP contribution >= 0.6 is 0 Å². The topological polar surface area (TPSA) is 32.6 Å². The molecule has 0 heterocycles. The zero-order valence-electron chi connectivity index (χ0n) is 8.50. The van der Waals surface area contributed by atoms with E-state index in [0.717, 1.165) is 24.0 Å². The summed E-state index contributed by atoms with van der Waals surface area (Å²) in [6.45, 7) is 2.01. The maximum atomic E-state index is 12.8. The maximum absolute atomic E-state index is 12.8. The highest BCUT2D eigenvalue weighted by Crippen LogP contribution is 2.31. The molecule has 1 aromatic rings. The van der Waals surface area contributed by atoms with Gasteiger partial charge in [0, 0.05) is 5.57 Å². The van der Waals surface area contributed by atoms with E-state index < -0.39 is 0 Å². The van der Waals surface area contributed by atoms with Crippen LogP contribution in [0.3, 0.4) is 0 Å². The number of benzene rings is 1. The van der Waals surface area contributed by atoms with Gasteiger partial charge in [0.1, 0.15) is 5.82 Å². The smallest absolute Gasteiger partial charge is 0.123 e. The van der Waals surface area contributed by atoms with Gasteiger partial charge in [-0.05, 0) is 37.5 Å². The zero-order chi connectivity index (χ0) is 10.8. The Morgan fingerprint density at radius 1 is 1.20 bits per heavy atom. The van der Waals surface area contributed by atoms with Gasteiger partial charge >= 0.3 is 0 Å². The van der Waals surface area contributed by atoms with Gasteiger partial charge in [-0.1, -0.05) is 22.9 Å². The molecule has 1 N–H and O–H groups in total. The minimum Gasteiger partial charge on any atom is -0.411 e. The van der Waals surface area contributed by atoms with Crippen LogP contribution in [0.25, 0.3) is 5.57 Å². The Balaban J connectivity index is 2.46. The summed E-state index contributed by atoms with van der Waals surface area (Å²) in [5.74, 6) is -0.252. The summed E-state index contributed by atoms with van der Waals surface area (Å²) in [5.41, 5.74) is 3.75. The molecular weight excluding hydrogens is 193 g/mol. The van der Waals surface area contributed by atoms with E-state index in [9.17, 15) is 4.39 Å². The predicted molar refractivity (Wildman–Crippen MR) is 57.4 cm³/mol. The highest BCUT2D eigenvalue weighted by molar-refractivity contribution is 6.26. The van der Waals surface area contributed by atoms with Gasteiger partial charge in [0.05, 0.1) is 5.71 Å². The van der Waals surface area contributed by atoms with Gasteiger partial charge in [-0.15, -0.1) is 0 Å². The number of hydrogen-bond donors (Lipinski definition) is 1. The number of nitrogens with zero attached hydrogens (tertiary/aromatic N) is 1. The molecule has 15 heavy (non-hydrogen) atoms. The van der Waals surface area contributed by atoms with Crippen LogP contribution in [0, 0.1) is 5.82 Å². The minimum atomic E-state index is -0.252. The van der Waals surface area contributed by atoms with Crippen LogP contribution in [0.2, 0.25) is 0 Å². The molecule has 0 saturated carbocycles. The van der Waals surface area contributed by atoms with Crippen molar-refractivity contribution in [1.29, 1.82) is 0 Å². The van der Waals surface area contributed by atoms with Gasteiger partial charge in [-0.2, -0.15) is 0 Å². The van der Waals surface area contributed by atoms with Crippen LogP contribution in [0.4, 0.5) is 4.39 Å². The minimum absolute atomic E-state index is 0.252. The van der Waals surface area contributed by atoms with E-state index in [-0.39, 0.29) is 5.82 Å². The summed E-state index contributed by atoms with van der Waals surface area (Å²) in [4.78, 5) is 0. The first-order chi connectivity index (χ1) is 7.22. The summed E-state index contributed by atoms with van der Waals surface area (Å²) in [7, 11) is 0. The van der Waals surface area contributed by atoms with Crippen LogP contribution in [0.15, 0.2) is 35.0 Å². The first-order valence-electron chi connectivity index (χ1n) is 4.89. The Labute approximate surface area is 87.7 Å². The normalized spacial score (nSPS) is 18.9. The fourth-order valence-corrected chi connectivity index (χ4v) is 1.93. The molecule has 0 aliphatic heterocycles. The Hall–Kier alpha value is -1.64. The molecule has 0 unspecified atom stereocenters. The third kappa shape index (κ3) is 1.77. The standard InChI is InChI=1S/C12H12FNO/c1-8-2-7-11(14-15)12(8)9-3-5-10(13)6-4-9/h3-6,15H,2,7H2,1H3. The molecule has 0 spiro atoms. The highest BCUT2D eigenvalue weighted by atomic mass is 19.1. The highest BCUT2D eigenvalue weighted by Gasteiger charge is 2.20. The first kappa shape index (κ1) is 9.90. The van der Waals surface area contributed by atoms with Crippen molar-refractivity contribution in [3.05, 3.63) is 41.2 Å². The lowest BCUT2D eigenvalue weighted by molar-refractivity contribution is 0.319. The second kappa shape index (κ2) is 3.85. The quantitative estimate of drug-likeness (QED) is 0.554.